The average Bonchev–Trinajstić information content (AvgIpc) is 3.01. The Hall–Kier alpha value is -1.30. The fourth-order valence-corrected chi connectivity index (χ4v) is 3.08. The highest BCUT2D eigenvalue weighted by Crippen LogP contribution is 2.25. The maximum absolute atomic E-state index is 6.07. The number of nitrogens with zero attached hydrogens (tertiary/aromatic N) is 2. The Balaban J connectivity index is 1.94. The third kappa shape index (κ3) is 5.09. The second-order valence-electron chi connectivity index (χ2n) is 5.05. The number of aryl methyl sites for hydroxylation is 1. The molecule has 23 heavy (non-hydrogen) atoms. The van der Waals surface area contributed by atoms with Crippen LogP contribution in [-0.2, 0) is 13.0 Å². The Morgan fingerprint density at radius 3 is 2.74 bits per heavy atom. The lowest BCUT2D eigenvalue weighted by molar-refractivity contribution is 0.683. The van der Waals surface area contributed by atoms with Gasteiger partial charge in [-0.1, -0.05) is 36.2 Å². The lowest BCUT2D eigenvalue weighted by Gasteiger charge is -2.18. The van der Waals surface area contributed by atoms with Crippen LogP contribution in [0.4, 0.5) is 0 Å². The average molecular weight is 371 g/mol. The molecule has 1 atom stereocenters. The molecule has 0 aliphatic carbocycles. The van der Waals surface area contributed by atoms with Gasteiger partial charge in [0, 0.05) is 12.4 Å². The third-order valence-corrected chi connectivity index (χ3v) is 5.14. The van der Waals surface area contributed by atoms with Crippen LogP contribution in [0.3, 0.4) is 0 Å². The van der Waals surface area contributed by atoms with Crippen LogP contribution < -0.4 is 10.6 Å². The summed E-state index contributed by atoms with van der Waals surface area (Å²) in [5.74, 6) is 0.717. The molecular weight excluding hydrogens is 351 g/mol. The first-order valence-electron chi connectivity index (χ1n) is 7.39. The molecule has 0 saturated carbocycles. The first-order chi connectivity index (χ1) is 11.0. The minimum Gasteiger partial charge on any atom is -0.351 e. The number of halogens is 2. The van der Waals surface area contributed by atoms with E-state index in [1.165, 1.54) is 0 Å². The summed E-state index contributed by atoms with van der Waals surface area (Å²) >= 11 is 13.7. The number of benzene rings is 1. The van der Waals surface area contributed by atoms with E-state index >= 15 is 0 Å². The van der Waals surface area contributed by atoms with Crippen molar-refractivity contribution < 1.29 is 0 Å². The molecule has 0 fully saturated rings. The Kier molecular flexibility index (Phi) is 6.69. The lowest BCUT2D eigenvalue weighted by atomic mass is 10.1. The first-order valence-corrected chi connectivity index (χ1v) is 9.02. The molecule has 7 heteroatoms. The molecule has 124 valence electrons. The largest absolute Gasteiger partial charge is 0.351 e. The number of hydrogen-bond donors (Lipinski definition) is 2. The van der Waals surface area contributed by atoms with E-state index in [1.54, 1.807) is 24.5 Å². The maximum Gasteiger partial charge on any atom is 0.191 e. The molecule has 1 unspecified atom stereocenters. The van der Waals surface area contributed by atoms with E-state index in [9.17, 15) is 0 Å². The Morgan fingerprint density at radius 1 is 1.35 bits per heavy atom. The number of aliphatic imine (C=N–C) groups is 1. The molecule has 0 radical (unpaired) electrons. The number of hydrogen-bond acceptors (Lipinski definition) is 3. The molecule has 2 aromatic rings. The van der Waals surface area contributed by atoms with Crippen molar-refractivity contribution >= 4 is 40.5 Å². The van der Waals surface area contributed by atoms with Crippen LogP contribution >= 0.6 is 34.5 Å². The van der Waals surface area contributed by atoms with Gasteiger partial charge in [0.25, 0.3) is 0 Å². The van der Waals surface area contributed by atoms with Crippen molar-refractivity contribution in [2.24, 2.45) is 4.99 Å². The summed E-state index contributed by atoms with van der Waals surface area (Å²) in [5, 5.41) is 10.9. The highest BCUT2D eigenvalue weighted by atomic mass is 35.5. The zero-order valence-corrected chi connectivity index (χ0v) is 15.7. The van der Waals surface area contributed by atoms with Gasteiger partial charge in [-0.25, -0.2) is 4.98 Å². The summed E-state index contributed by atoms with van der Waals surface area (Å²) in [7, 11) is 1.75. The van der Waals surface area contributed by atoms with Crippen LogP contribution in [0.15, 0.2) is 28.6 Å². The minimum atomic E-state index is 0.0533. The highest BCUT2D eigenvalue weighted by molar-refractivity contribution is 7.09. The van der Waals surface area contributed by atoms with Gasteiger partial charge < -0.3 is 10.6 Å². The highest BCUT2D eigenvalue weighted by Gasteiger charge is 2.10. The zero-order valence-electron chi connectivity index (χ0n) is 13.4. The van der Waals surface area contributed by atoms with Crippen molar-refractivity contribution in [3.63, 3.8) is 0 Å². The van der Waals surface area contributed by atoms with Crippen molar-refractivity contribution in [1.82, 2.24) is 15.6 Å². The Labute approximate surface area is 151 Å². The molecule has 1 aromatic heterocycles. The van der Waals surface area contributed by atoms with Crippen LogP contribution in [0.25, 0.3) is 0 Å². The summed E-state index contributed by atoms with van der Waals surface area (Å²) < 4.78 is 0. The van der Waals surface area contributed by atoms with Crippen LogP contribution in [0.2, 0.25) is 10.0 Å². The van der Waals surface area contributed by atoms with E-state index in [0.717, 1.165) is 28.6 Å². The van der Waals surface area contributed by atoms with Gasteiger partial charge in [0.1, 0.15) is 0 Å². The lowest BCUT2D eigenvalue weighted by Crippen LogP contribution is -2.38. The quantitative estimate of drug-likeness (QED) is 0.604. The van der Waals surface area contributed by atoms with E-state index in [0.29, 0.717) is 16.6 Å². The van der Waals surface area contributed by atoms with Gasteiger partial charge in [-0.2, -0.15) is 0 Å². The summed E-state index contributed by atoms with van der Waals surface area (Å²) in [5.41, 5.74) is 2.07. The Bertz CT molecular complexity index is 684. The zero-order chi connectivity index (χ0) is 16.8. The predicted octanol–water partition coefficient (Wildman–Crippen LogP) is 4.44. The van der Waals surface area contributed by atoms with Crippen LogP contribution in [-0.4, -0.2) is 18.0 Å². The van der Waals surface area contributed by atoms with Crippen LogP contribution in [0, 0.1) is 0 Å². The summed E-state index contributed by atoms with van der Waals surface area (Å²) in [6.07, 6.45) is 0.964. The molecule has 1 aromatic carbocycles. The minimum absolute atomic E-state index is 0.0533. The monoisotopic (exact) mass is 370 g/mol. The number of rotatable bonds is 5. The summed E-state index contributed by atoms with van der Waals surface area (Å²) in [6.45, 7) is 4.80. The molecular formula is C16H20Cl2N4S. The van der Waals surface area contributed by atoms with Gasteiger partial charge >= 0.3 is 0 Å². The van der Waals surface area contributed by atoms with Gasteiger partial charge in [0.15, 0.2) is 5.96 Å². The molecule has 0 bridgehead atoms. The molecule has 0 amide bonds. The van der Waals surface area contributed by atoms with E-state index in [-0.39, 0.29) is 6.04 Å². The van der Waals surface area contributed by atoms with E-state index in [2.05, 4.69) is 32.9 Å². The molecule has 0 aliphatic heterocycles. The number of nitrogens with one attached hydrogen (secondary N) is 2. The first kappa shape index (κ1) is 18.0. The van der Waals surface area contributed by atoms with Gasteiger partial charge in [0.05, 0.1) is 33.3 Å². The fourth-order valence-electron chi connectivity index (χ4n) is 2.03. The molecule has 2 rings (SSSR count). The standard InChI is InChI=1S/C16H20Cl2N4S/c1-4-15-22-12(9-23-15)8-20-16(19-3)21-10(2)11-5-6-13(17)14(18)7-11/h5-7,9-10H,4,8H2,1-3H3,(H2,19,20,21). The molecule has 0 aliphatic rings. The summed E-state index contributed by atoms with van der Waals surface area (Å²) in [6, 6.07) is 5.67. The number of guanidine groups is 1. The third-order valence-electron chi connectivity index (χ3n) is 3.36. The van der Waals surface area contributed by atoms with Crippen molar-refractivity contribution in [2.45, 2.75) is 32.9 Å². The van der Waals surface area contributed by atoms with Gasteiger partial charge in [-0.05, 0) is 31.0 Å². The SMILES string of the molecule is CCc1nc(CNC(=NC)NC(C)c2ccc(Cl)c(Cl)c2)cs1. The normalized spacial score (nSPS) is 13.0. The molecule has 2 N–H and O–H groups in total. The van der Waals surface area contributed by atoms with E-state index < -0.39 is 0 Å². The van der Waals surface area contributed by atoms with Crippen molar-refractivity contribution in [2.75, 3.05) is 7.05 Å². The van der Waals surface area contributed by atoms with E-state index in [1.807, 2.05) is 19.1 Å². The molecule has 4 nitrogen and oxygen atoms in total. The predicted molar refractivity (Wildman–Crippen MR) is 99.7 cm³/mol. The van der Waals surface area contributed by atoms with Crippen molar-refractivity contribution in [3.05, 3.63) is 49.9 Å². The maximum atomic E-state index is 6.07. The fraction of sp³-hybridized carbons (Fsp3) is 0.375. The van der Waals surface area contributed by atoms with Crippen LogP contribution in [0.1, 0.15) is 36.2 Å². The van der Waals surface area contributed by atoms with Crippen molar-refractivity contribution in [1.29, 1.82) is 0 Å². The number of aromatic nitrogens is 1. The smallest absolute Gasteiger partial charge is 0.191 e. The van der Waals surface area contributed by atoms with Gasteiger partial charge in [0.2, 0.25) is 0 Å². The summed E-state index contributed by atoms with van der Waals surface area (Å²) in [4.78, 5) is 8.78. The van der Waals surface area contributed by atoms with Crippen LogP contribution in [0.5, 0.6) is 0 Å². The van der Waals surface area contributed by atoms with Crippen molar-refractivity contribution in [3.8, 4) is 0 Å². The van der Waals surface area contributed by atoms with Gasteiger partial charge in [-0.3, -0.25) is 4.99 Å². The molecule has 0 spiro atoms. The Morgan fingerprint density at radius 2 is 2.13 bits per heavy atom. The second kappa shape index (κ2) is 8.52. The van der Waals surface area contributed by atoms with Gasteiger partial charge in [-0.15, -0.1) is 11.3 Å². The second-order valence-corrected chi connectivity index (χ2v) is 6.81. The number of thiazole rings is 1. The molecule has 1 heterocycles. The van der Waals surface area contributed by atoms with E-state index in [4.69, 9.17) is 23.2 Å². The molecule has 0 saturated heterocycles. The topological polar surface area (TPSA) is 49.3 Å².